The van der Waals surface area contributed by atoms with Crippen LogP contribution in [0.2, 0.25) is 5.02 Å². The number of fused-ring (bicyclic) bond motifs is 1. The Morgan fingerprint density at radius 3 is 2.57 bits per heavy atom. The lowest BCUT2D eigenvalue weighted by Gasteiger charge is -2.09. The number of amides is 1. The highest BCUT2D eigenvalue weighted by atomic mass is 35.5. The Hall–Kier alpha value is -2.66. The number of benzodiazepines with no additional fused rings is 1. The number of hydrogen-bond acceptors (Lipinski definition) is 3. The van der Waals surface area contributed by atoms with Crippen LogP contribution in [0.1, 0.15) is 17.5 Å². The zero-order valence-electron chi connectivity index (χ0n) is 12.0. The Balaban J connectivity index is 2.15. The van der Waals surface area contributed by atoms with Gasteiger partial charge in [0.1, 0.15) is 6.04 Å². The summed E-state index contributed by atoms with van der Waals surface area (Å²) in [6.45, 7) is 0. The first-order valence-electron chi connectivity index (χ1n) is 7.00. The van der Waals surface area contributed by atoms with Gasteiger partial charge in [0.05, 0.1) is 17.8 Å². The van der Waals surface area contributed by atoms with Gasteiger partial charge in [0.2, 0.25) is 5.91 Å². The van der Waals surface area contributed by atoms with E-state index in [-0.39, 0.29) is 6.42 Å². The number of benzene rings is 2. The van der Waals surface area contributed by atoms with E-state index in [9.17, 15) is 9.59 Å². The van der Waals surface area contributed by atoms with Gasteiger partial charge in [-0.05, 0) is 18.2 Å². The molecule has 0 fully saturated rings. The molecule has 23 heavy (non-hydrogen) atoms. The molecule has 1 atom stereocenters. The summed E-state index contributed by atoms with van der Waals surface area (Å²) in [6.07, 6.45) is -0.364. The van der Waals surface area contributed by atoms with Crippen molar-refractivity contribution >= 4 is 34.9 Å². The van der Waals surface area contributed by atoms with E-state index in [1.165, 1.54) is 0 Å². The molecule has 1 heterocycles. The Morgan fingerprint density at radius 1 is 1.17 bits per heavy atom. The molecule has 116 valence electrons. The fourth-order valence-corrected chi connectivity index (χ4v) is 2.57. The molecule has 1 aliphatic rings. The van der Waals surface area contributed by atoms with Gasteiger partial charge in [0.15, 0.2) is 0 Å². The number of rotatable bonds is 3. The second kappa shape index (κ2) is 6.22. The lowest BCUT2D eigenvalue weighted by Crippen LogP contribution is -2.27. The van der Waals surface area contributed by atoms with E-state index in [4.69, 9.17) is 16.7 Å². The zero-order valence-corrected chi connectivity index (χ0v) is 12.7. The molecule has 0 radical (unpaired) electrons. The number of carbonyl (C=O) groups excluding carboxylic acids is 1. The first-order chi connectivity index (χ1) is 11.0. The van der Waals surface area contributed by atoms with Crippen LogP contribution < -0.4 is 5.32 Å². The number of carboxylic acids is 1. The number of hydrogen-bond donors (Lipinski definition) is 2. The number of carboxylic acid groups (broad SMARTS) is 1. The van der Waals surface area contributed by atoms with Crippen LogP contribution in [-0.2, 0) is 9.59 Å². The third kappa shape index (κ3) is 3.24. The lowest BCUT2D eigenvalue weighted by atomic mass is 10.0. The van der Waals surface area contributed by atoms with Crippen LogP contribution in [0.3, 0.4) is 0 Å². The van der Waals surface area contributed by atoms with Crippen molar-refractivity contribution in [2.75, 3.05) is 5.32 Å². The topological polar surface area (TPSA) is 78.8 Å². The van der Waals surface area contributed by atoms with E-state index in [1.54, 1.807) is 36.4 Å². The number of nitrogens with zero attached hydrogens (tertiary/aromatic N) is 1. The van der Waals surface area contributed by atoms with Crippen molar-refractivity contribution in [1.82, 2.24) is 0 Å². The van der Waals surface area contributed by atoms with Crippen molar-refractivity contribution in [3.05, 3.63) is 64.7 Å². The van der Waals surface area contributed by atoms with Gasteiger partial charge in [-0.25, -0.2) is 0 Å². The fraction of sp³-hybridized carbons (Fsp3) is 0.118. The van der Waals surface area contributed by atoms with Crippen LogP contribution >= 0.6 is 11.6 Å². The molecule has 6 heteroatoms. The fourth-order valence-electron chi connectivity index (χ4n) is 2.44. The zero-order chi connectivity index (χ0) is 16.4. The maximum Gasteiger partial charge on any atom is 0.306 e. The smallest absolute Gasteiger partial charge is 0.306 e. The van der Waals surface area contributed by atoms with Crippen molar-refractivity contribution in [3.8, 4) is 0 Å². The minimum atomic E-state index is -1.07. The third-order valence-corrected chi connectivity index (χ3v) is 3.77. The normalized spacial score (nSPS) is 16.8. The Kier molecular flexibility index (Phi) is 4.12. The molecule has 0 spiro atoms. The molecule has 1 amide bonds. The number of para-hydroxylation sites is 1. The molecule has 5 nitrogen and oxygen atoms in total. The highest BCUT2D eigenvalue weighted by Crippen LogP contribution is 2.25. The average Bonchev–Trinajstić information content (AvgIpc) is 2.65. The standard InChI is InChI=1S/C17H13ClN2O3/c18-11-7-5-10(6-8-11)16-12-3-1-2-4-13(12)20-17(23)14(19-16)9-15(21)22/h1-8,14H,9H2,(H,20,23)(H,21,22)/t14-/m0/s1. The number of anilines is 1. The van der Waals surface area contributed by atoms with Gasteiger partial charge in [-0.1, -0.05) is 41.9 Å². The molecule has 3 rings (SSSR count). The maximum absolute atomic E-state index is 12.2. The minimum Gasteiger partial charge on any atom is -0.481 e. The van der Waals surface area contributed by atoms with Gasteiger partial charge in [-0.2, -0.15) is 0 Å². The number of aliphatic imine (C=N–C) groups is 1. The van der Waals surface area contributed by atoms with Crippen molar-refractivity contribution in [2.24, 2.45) is 4.99 Å². The molecule has 0 unspecified atom stereocenters. The molecule has 2 N–H and O–H groups in total. The lowest BCUT2D eigenvalue weighted by molar-refractivity contribution is -0.138. The Labute approximate surface area is 137 Å². The van der Waals surface area contributed by atoms with Crippen molar-refractivity contribution in [1.29, 1.82) is 0 Å². The number of carbonyl (C=O) groups is 2. The molecule has 0 saturated carbocycles. The summed E-state index contributed by atoms with van der Waals surface area (Å²) < 4.78 is 0. The molecule has 0 aromatic heterocycles. The Bertz CT molecular complexity index is 800. The van der Waals surface area contributed by atoms with Crippen molar-refractivity contribution < 1.29 is 14.7 Å². The maximum atomic E-state index is 12.2. The SMILES string of the molecule is O=C(O)C[C@@H]1N=C(c2ccc(Cl)cc2)c2ccccc2NC1=O. The van der Waals surface area contributed by atoms with Crippen LogP contribution in [0.5, 0.6) is 0 Å². The van der Waals surface area contributed by atoms with Gasteiger partial charge < -0.3 is 10.4 Å². The summed E-state index contributed by atoms with van der Waals surface area (Å²) in [6, 6.07) is 13.3. The first kappa shape index (κ1) is 15.2. The summed E-state index contributed by atoms with van der Waals surface area (Å²) in [5, 5.41) is 12.4. The van der Waals surface area contributed by atoms with E-state index in [1.807, 2.05) is 12.1 Å². The predicted octanol–water partition coefficient (Wildman–Crippen LogP) is 2.97. The quantitative estimate of drug-likeness (QED) is 0.909. The van der Waals surface area contributed by atoms with Crippen LogP contribution in [0.4, 0.5) is 5.69 Å². The highest BCUT2D eigenvalue weighted by Gasteiger charge is 2.27. The second-order valence-corrected chi connectivity index (χ2v) is 5.57. The van der Waals surface area contributed by atoms with E-state index >= 15 is 0 Å². The highest BCUT2D eigenvalue weighted by molar-refractivity contribution is 6.30. The molecule has 0 saturated heterocycles. The number of nitrogens with one attached hydrogen (secondary N) is 1. The monoisotopic (exact) mass is 328 g/mol. The number of aliphatic carboxylic acids is 1. The van der Waals surface area contributed by atoms with Gasteiger partial charge >= 0.3 is 5.97 Å². The Morgan fingerprint density at radius 2 is 1.87 bits per heavy atom. The molecular weight excluding hydrogens is 316 g/mol. The molecule has 2 aromatic rings. The minimum absolute atomic E-state index is 0.364. The number of halogens is 1. The van der Waals surface area contributed by atoms with Crippen molar-refractivity contribution in [2.45, 2.75) is 12.5 Å². The van der Waals surface area contributed by atoms with Crippen LogP contribution in [0.25, 0.3) is 0 Å². The van der Waals surface area contributed by atoms with E-state index < -0.39 is 17.9 Å². The van der Waals surface area contributed by atoms with Gasteiger partial charge in [0, 0.05) is 16.1 Å². The molecule has 0 bridgehead atoms. The van der Waals surface area contributed by atoms with E-state index in [2.05, 4.69) is 10.3 Å². The third-order valence-electron chi connectivity index (χ3n) is 3.51. The second-order valence-electron chi connectivity index (χ2n) is 5.13. The molecule has 0 aliphatic carbocycles. The van der Waals surface area contributed by atoms with Gasteiger partial charge in [-0.3, -0.25) is 14.6 Å². The summed E-state index contributed by atoms with van der Waals surface area (Å²) in [5.41, 5.74) is 2.70. The summed E-state index contributed by atoms with van der Waals surface area (Å²) in [4.78, 5) is 27.7. The van der Waals surface area contributed by atoms with E-state index in [0.29, 0.717) is 16.4 Å². The average molecular weight is 329 g/mol. The molecule has 1 aliphatic heterocycles. The summed E-state index contributed by atoms with van der Waals surface area (Å²) >= 11 is 5.92. The van der Waals surface area contributed by atoms with Crippen molar-refractivity contribution in [3.63, 3.8) is 0 Å². The van der Waals surface area contributed by atoms with Crippen LogP contribution in [-0.4, -0.2) is 28.7 Å². The van der Waals surface area contributed by atoms with Crippen LogP contribution in [0.15, 0.2) is 53.5 Å². The predicted molar refractivity (Wildman–Crippen MR) is 88.2 cm³/mol. The largest absolute Gasteiger partial charge is 0.481 e. The van der Waals surface area contributed by atoms with Gasteiger partial charge in [0.25, 0.3) is 0 Å². The van der Waals surface area contributed by atoms with Crippen LogP contribution in [0, 0.1) is 0 Å². The van der Waals surface area contributed by atoms with E-state index in [0.717, 1.165) is 11.1 Å². The molecular formula is C17H13ClN2O3. The molecule has 2 aromatic carbocycles. The first-order valence-corrected chi connectivity index (χ1v) is 7.38. The van der Waals surface area contributed by atoms with Gasteiger partial charge in [-0.15, -0.1) is 0 Å². The summed E-state index contributed by atoms with van der Waals surface area (Å²) in [5.74, 6) is -1.50. The summed E-state index contributed by atoms with van der Waals surface area (Å²) in [7, 11) is 0.